The summed E-state index contributed by atoms with van der Waals surface area (Å²) in [5.41, 5.74) is 10.6. The van der Waals surface area contributed by atoms with Crippen molar-refractivity contribution >= 4 is 33.9 Å². The maximum atomic E-state index is 12.9. The van der Waals surface area contributed by atoms with Gasteiger partial charge in [-0.25, -0.2) is 4.98 Å². The van der Waals surface area contributed by atoms with E-state index in [4.69, 9.17) is 15.5 Å². The lowest BCUT2D eigenvalue weighted by atomic mass is 9.78. The summed E-state index contributed by atoms with van der Waals surface area (Å²) in [7, 11) is 1.76. The first-order valence-corrected chi connectivity index (χ1v) is 14.1. The smallest absolute Gasteiger partial charge is 0.277 e. The number of hydrogen-bond donors (Lipinski definition) is 3. The van der Waals surface area contributed by atoms with Crippen molar-refractivity contribution in [3.63, 3.8) is 0 Å². The number of carbonyl (C=O) groups excluding carboxylic acids is 1. The van der Waals surface area contributed by atoms with E-state index in [0.29, 0.717) is 40.6 Å². The summed E-state index contributed by atoms with van der Waals surface area (Å²) in [6, 6.07) is 7.31. The standard InChI is InChI=1S/C31H40N6O3/c1-6-10-25-27-28(37(5)36-25)31(39)35-29(34-27)20(4)26(40-7-2)18-13-19(3)21-14-16-22(17-15-21)30(38)33-24-12-9-8-11-23(24)32/h8-9,11-13,18,21-22H,3,6-7,10,14-17,32H2,1-2,4-5H3,(H,33,38)(H,34,35,39)/b18-13-,26-20-. The number of nitrogens with two attached hydrogens (primary N) is 1. The Morgan fingerprint density at radius 3 is 2.58 bits per heavy atom. The van der Waals surface area contributed by atoms with Crippen LogP contribution in [0.15, 0.2) is 59.1 Å². The van der Waals surface area contributed by atoms with Crippen molar-refractivity contribution in [3.05, 3.63) is 76.2 Å². The molecule has 40 heavy (non-hydrogen) atoms. The monoisotopic (exact) mass is 544 g/mol. The molecule has 0 bridgehead atoms. The molecule has 212 valence electrons. The van der Waals surface area contributed by atoms with Crippen LogP contribution in [0.25, 0.3) is 16.6 Å². The van der Waals surface area contributed by atoms with Gasteiger partial charge in [-0.05, 0) is 70.1 Å². The van der Waals surface area contributed by atoms with Crippen LogP contribution in [-0.4, -0.2) is 32.3 Å². The zero-order chi connectivity index (χ0) is 28.8. The van der Waals surface area contributed by atoms with Crippen LogP contribution in [0, 0.1) is 11.8 Å². The molecule has 9 nitrogen and oxygen atoms in total. The van der Waals surface area contributed by atoms with Crippen molar-refractivity contribution in [3.8, 4) is 0 Å². The van der Waals surface area contributed by atoms with Crippen molar-refractivity contribution in [1.82, 2.24) is 19.7 Å². The maximum absolute atomic E-state index is 12.9. The van der Waals surface area contributed by atoms with Crippen molar-refractivity contribution in [2.45, 2.75) is 59.3 Å². The normalized spacial score (nSPS) is 18.1. The van der Waals surface area contributed by atoms with E-state index in [1.165, 1.54) is 0 Å². The number of ether oxygens (including phenoxy) is 1. The van der Waals surface area contributed by atoms with Crippen molar-refractivity contribution < 1.29 is 9.53 Å². The number of H-pyrrole nitrogens is 1. The number of anilines is 2. The molecular weight excluding hydrogens is 504 g/mol. The summed E-state index contributed by atoms with van der Waals surface area (Å²) in [6.07, 6.45) is 8.88. The predicted octanol–water partition coefficient (Wildman–Crippen LogP) is 5.52. The van der Waals surface area contributed by atoms with Gasteiger partial charge in [-0.3, -0.25) is 14.3 Å². The number of benzene rings is 1. The molecule has 0 unspecified atom stereocenters. The van der Waals surface area contributed by atoms with Gasteiger partial charge in [-0.2, -0.15) is 5.10 Å². The Labute approximate surface area is 235 Å². The zero-order valence-corrected chi connectivity index (χ0v) is 23.9. The molecule has 3 aromatic rings. The maximum Gasteiger partial charge on any atom is 0.277 e. The first-order valence-electron chi connectivity index (χ1n) is 14.1. The first-order chi connectivity index (χ1) is 19.2. The van der Waals surface area contributed by atoms with E-state index < -0.39 is 0 Å². The molecule has 1 fully saturated rings. The summed E-state index contributed by atoms with van der Waals surface area (Å²) in [5.74, 6) is 1.35. The Kier molecular flexibility index (Phi) is 9.24. The molecule has 0 radical (unpaired) electrons. The number of aromatic nitrogens is 4. The van der Waals surface area contributed by atoms with Gasteiger partial charge >= 0.3 is 0 Å². The average Bonchev–Trinajstić information content (AvgIpc) is 3.27. The van der Waals surface area contributed by atoms with Gasteiger partial charge in [0.15, 0.2) is 5.52 Å². The van der Waals surface area contributed by atoms with Gasteiger partial charge in [0.25, 0.3) is 5.56 Å². The van der Waals surface area contributed by atoms with Gasteiger partial charge in [-0.1, -0.05) is 43.7 Å². The molecule has 4 N–H and O–H groups in total. The molecule has 2 heterocycles. The highest BCUT2D eigenvalue weighted by atomic mass is 16.5. The zero-order valence-electron chi connectivity index (χ0n) is 23.9. The minimum Gasteiger partial charge on any atom is -0.493 e. The summed E-state index contributed by atoms with van der Waals surface area (Å²) >= 11 is 0. The van der Waals surface area contributed by atoms with Crippen LogP contribution in [0.2, 0.25) is 0 Å². The van der Waals surface area contributed by atoms with Crippen LogP contribution in [0.3, 0.4) is 0 Å². The van der Waals surface area contributed by atoms with Crippen LogP contribution in [0.4, 0.5) is 11.4 Å². The van der Waals surface area contributed by atoms with Gasteiger partial charge in [-0.15, -0.1) is 0 Å². The number of fused-ring (bicyclic) bond motifs is 1. The Hall–Kier alpha value is -4.14. The number of hydrogen-bond acceptors (Lipinski definition) is 6. The number of nitrogen functional groups attached to an aromatic ring is 1. The molecule has 1 amide bonds. The molecule has 0 aliphatic heterocycles. The van der Waals surface area contributed by atoms with E-state index in [0.717, 1.165) is 55.4 Å². The van der Waals surface area contributed by atoms with E-state index in [9.17, 15) is 9.59 Å². The molecule has 2 aromatic heterocycles. The van der Waals surface area contributed by atoms with Gasteiger partial charge in [0.05, 0.1) is 23.7 Å². The second-order valence-electron chi connectivity index (χ2n) is 10.4. The van der Waals surface area contributed by atoms with Gasteiger partial charge < -0.3 is 20.8 Å². The third kappa shape index (κ3) is 6.35. The van der Waals surface area contributed by atoms with Crippen LogP contribution < -0.4 is 16.6 Å². The van der Waals surface area contributed by atoms with Crippen molar-refractivity contribution in [2.24, 2.45) is 18.9 Å². The topological polar surface area (TPSA) is 128 Å². The van der Waals surface area contributed by atoms with E-state index in [2.05, 4.69) is 28.9 Å². The molecule has 1 aliphatic carbocycles. The highest BCUT2D eigenvalue weighted by Crippen LogP contribution is 2.34. The highest BCUT2D eigenvalue weighted by molar-refractivity contribution is 5.95. The van der Waals surface area contributed by atoms with Crippen LogP contribution >= 0.6 is 0 Å². The van der Waals surface area contributed by atoms with Crippen LogP contribution in [0.5, 0.6) is 0 Å². The number of nitrogens with zero attached hydrogens (tertiary/aromatic N) is 3. The number of para-hydroxylation sites is 2. The van der Waals surface area contributed by atoms with Gasteiger partial charge in [0, 0.05) is 18.5 Å². The number of allylic oxidation sites excluding steroid dienone is 4. The van der Waals surface area contributed by atoms with Crippen LogP contribution in [-0.2, 0) is 23.0 Å². The van der Waals surface area contributed by atoms with Gasteiger partial charge in [0.2, 0.25) is 5.91 Å². The molecule has 0 spiro atoms. The van der Waals surface area contributed by atoms with Gasteiger partial charge in [0.1, 0.15) is 17.1 Å². The Balaban J connectivity index is 1.46. The quantitative estimate of drug-likeness (QED) is 0.175. The van der Waals surface area contributed by atoms with Crippen molar-refractivity contribution in [2.75, 3.05) is 17.7 Å². The number of carbonyl (C=O) groups is 1. The molecule has 1 saturated carbocycles. The number of rotatable bonds is 10. The molecule has 4 rings (SSSR count). The summed E-state index contributed by atoms with van der Waals surface area (Å²) in [5, 5.41) is 7.48. The number of aromatic amines is 1. The minimum absolute atomic E-state index is 0.0175. The molecule has 0 atom stereocenters. The molecular formula is C31H40N6O3. The third-order valence-electron chi connectivity index (χ3n) is 7.56. The first kappa shape index (κ1) is 28.9. The minimum atomic E-state index is -0.225. The lowest BCUT2D eigenvalue weighted by Gasteiger charge is -2.28. The second kappa shape index (κ2) is 12.8. The summed E-state index contributed by atoms with van der Waals surface area (Å²) < 4.78 is 7.55. The lowest BCUT2D eigenvalue weighted by Crippen LogP contribution is -2.27. The Morgan fingerprint density at radius 2 is 1.90 bits per heavy atom. The largest absolute Gasteiger partial charge is 0.493 e. The van der Waals surface area contributed by atoms with Crippen molar-refractivity contribution in [1.29, 1.82) is 0 Å². The molecule has 9 heteroatoms. The Morgan fingerprint density at radius 1 is 1.20 bits per heavy atom. The van der Waals surface area contributed by atoms with E-state index in [-0.39, 0.29) is 23.3 Å². The fraction of sp³-hybridized carbons (Fsp3) is 0.419. The number of aryl methyl sites for hydroxylation is 2. The summed E-state index contributed by atoms with van der Waals surface area (Å²) in [4.78, 5) is 33.4. The fourth-order valence-corrected chi connectivity index (χ4v) is 5.27. The van der Waals surface area contributed by atoms with E-state index in [1.807, 2.05) is 44.2 Å². The molecule has 1 aromatic carbocycles. The predicted molar refractivity (Wildman–Crippen MR) is 161 cm³/mol. The van der Waals surface area contributed by atoms with E-state index >= 15 is 0 Å². The van der Waals surface area contributed by atoms with E-state index in [1.54, 1.807) is 17.8 Å². The number of nitrogens with one attached hydrogen (secondary N) is 2. The Bertz CT molecular complexity index is 1500. The number of amides is 1. The second-order valence-corrected chi connectivity index (χ2v) is 10.4. The SMILES string of the molecule is C=C(/C=C\C(OCC)=C(/C)c1nc2c(CCC)nn(C)c2c(=O)[nH]1)C1CCC(C(=O)Nc2ccccc2N)CC1. The lowest BCUT2D eigenvalue weighted by molar-refractivity contribution is -0.120. The fourth-order valence-electron chi connectivity index (χ4n) is 5.27. The molecule has 0 saturated heterocycles. The third-order valence-corrected chi connectivity index (χ3v) is 7.56. The highest BCUT2D eigenvalue weighted by Gasteiger charge is 2.27. The average molecular weight is 545 g/mol. The molecule has 1 aliphatic rings. The summed E-state index contributed by atoms with van der Waals surface area (Å²) in [6.45, 7) is 10.7. The van der Waals surface area contributed by atoms with Crippen LogP contribution in [0.1, 0.15) is 64.4 Å².